The summed E-state index contributed by atoms with van der Waals surface area (Å²) in [6, 6.07) is 0. The molecule has 19 heavy (non-hydrogen) atoms. The van der Waals surface area contributed by atoms with Crippen LogP contribution in [-0.2, 0) is 24.4 Å². The van der Waals surface area contributed by atoms with Crippen molar-refractivity contribution in [1.29, 1.82) is 0 Å². The van der Waals surface area contributed by atoms with Crippen LogP contribution in [-0.4, -0.2) is 26.4 Å². The first kappa shape index (κ1) is 13.3. The maximum Gasteiger partial charge on any atom is 0.336 e. The molecular formula is C12H15N3O4. The van der Waals surface area contributed by atoms with Gasteiger partial charge in [0.05, 0.1) is 32.3 Å². The summed E-state index contributed by atoms with van der Waals surface area (Å²) in [4.78, 5) is 36.2. The molecule has 7 nitrogen and oxygen atoms in total. The minimum absolute atomic E-state index is 0.0562. The van der Waals surface area contributed by atoms with Crippen molar-refractivity contribution in [2.24, 2.45) is 0 Å². The molecule has 1 aliphatic rings. The Morgan fingerprint density at radius 3 is 1.79 bits per heavy atom. The average Bonchev–Trinajstić information content (AvgIpc) is 3.20. The van der Waals surface area contributed by atoms with Crippen LogP contribution >= 0.6 is 0 Å². The van der Waals surface area contributed by atoms with Crippen molar-refractivity contribution in [2.75, 3.05) is 6.61 Å². The fourth-order valence-corrected chi connectivity index (χ4v) is 1.79. The van der Waals surface area contributed by atoms with Crippen molar-refractivity contribution in [2.45, 2.75) is 25.7 Å². The van der Waals surface area contributed by atoms with E-state index in [-0.39, 0.29) is 25.7 Å². The summed E-state index contributed by atoms with van der Waals surface area (Å²) >= 11 is 0. The molecular weight excluding hydrogens is 250 g/mol. The highest BCUT2D eigenvalue weighted by molar-refractivity contribution is 4.86. The molecule has 0 saturated carbocycles. The van der Waals surface area contributed by atoms with E-state index < -0.39 is 17.1 Å². The van der Waals surface area contributed by atoms with Gasteiger partial charge in [-0.25, -0.2) is 28.1 Å². The van der Waals surface area contributed by atoms with E-state index in [0.29, 0.717) is 6.61 Å². The van der Waals surface area contributed by atoms with E-state index in [0.717, 1.165) is 13.7 Å². The summed E-state index contributed by atoms with van der Waals surface area (Å²) in [7, 11) is 0. The molecule has 1 saturated heterocycles. The zero-order valence-electron chi connectivity index (χ0n) is 10.4. The molecule has 0 aromatic carbocycles. The maximum absolute atomic E-state index is 12.1. The zero-order valence-corrected chi connectivity index (χ0v) is 10.4. The second-order valence-electron chi connectivity index (χ2n) is 4.21. The van der Waals surface area contributed by atoms with Gasteiger partial charge in [-0.2, -0.15) is 0 Å². The Morgan fingerprint density at radius 1 is 1.00 bits per heavy atom. The minimum atomic E-state index is -0.650. The molecule has 0 radical (unpaired) electrons. The Hall–Kier alpha value is -2.15. The topological polar surface area (TPSA) is 78.5 Å². The Bertz CT molecular complexity index is 627. The predicted molar refractivity (Wildman–Crippen MR) is 69.4 cm³/mol. The maximum atomic E-state index is 12.1. The van der Waals surface area contributed by atoms with Crippen molar-refractivity contribution < 1.29 is 4.74 Å². The number of ether oxygens (including phenoxy) is 1. The van der Waals surface area contributed by atoms with Gasteiger partial charge in [0.2, 0.25) is 0 Å². The molecule has 2 heterocycles. The van der Waals surface area contributed by atoms with Crippen LogP contribution in [0.4, 0.5) is 0 Å². The zero-order chi connectivity index (χ0) is 14.0. The molecule has 0 bridgehead atoms. The number of rotatable bonds is 6. The van der Waals surface area contributed by atoms with Gasteiger partial charge in [-0.1, -0.05) is 12.2 Å². The Balaban J connectivity index is 2.67. The monoisotopic (exact) mass is 265 g/mol. The molecule has 0 amide bonds. The van der Waals surface area contributed by atoms with E-state index >= 15 is 0 Å². The quantitative estimate of drug-likeness (QED) is 0.485. The molecule has 1 aromatic heterocycles. The third-order valence-corrected chi connectivity index (χ3v) is 2.80. The lowest BCUT2D eigenvalue weighted by molar-refractivity contribution is 0.362. The first-order valence-electron chi connectivity index (χ1n) is 5.88. The summed E-state index contributed by atoms with van der Waals surface area (Å²) in [5, 5.41) is 0. The summed E-state index contributed by atoms with van der Waals surface area (Å²) in [6.45, 7) is 7.79. The molecule has 0 aliphatic carbocycles. The minimum Gasteiger partial charge on any atom is -0.371 e. The molecule has 2 rings (SSSR count). The van der Waals surface area contributed by atoms with Gasteiger partial charge in [0.1, 0.15) is 0 Å². The third-order valence-electron chi connectivity index (χ3n) is 2.80. The Kier molecular flexibility index (Phi) is 3.66. The van der Waals surface area contributed by atoms with Crippen molar-refractivity contribution in [3.05, 3.63) is 56.8 Å². The van der Waals surface area contributed by atoms with Gasteiger partial charge < -0.3 is 4.74 Å². The second-order valence-corrected chi connectivity index (χ2v) is 4.21. The molecule has 1 unspecified atom stereocenters. The molecule has 1 aromatic rings. The lowest BCUT2D eigenvalue weighted by atomic mass is 10.4. The van der Waals surface area contributed by atoms with Crippen molar-refractivity contribution >= 4 is 0 Å². The van der Waals surface area contributed by atoms with Gasteiger partial charge in [0.15, 0.2) is 0 Å². The fourth-order valence-electron chi connectivity index (χ4n) is 1.79. The van der Waals surface area contributed by atoms with E-state index in [4.69, 9.17) is 4.74 Å². The lowest BCUT2D eigenvalue weighted by Gasteiger charge is -2.11. The van der Waals surface area contributed by atoms with Crippen LogP contribution in [0.25, 0.3) is 0 Å². The van der Waals surface area contributed by atoms with Gasteiger partial charge in [-0.3, -0.25) is 0 Å². The molecule has 1 fully saturated rings. The Labute approximate surface area is 108 Å². The largest absolute Gasteiger partial charge is 0.371 e. The third kappa shape index (κ3) is 2.50. The molecule has 1 atom stereocenters. The first-order valence-corrected chi connectivity index (χ1v) is 5.88. The van der Waals surface area contributed by atoms with Crippen molar-refractivity contribution in [3.8, 4) is 0 Å². The normalized spacial score (nSPS) is 17.2. The molecule has 0 N–H and O–H groups in total. The molecule has 0 spiro atoms. The van der Waals surface area contributed by atoms with E-state index in [1.165, 1.54) is 12.2 Å². The lowest BCUT2D eigenvalue weighted by Crippen LogP contribution is -2.54. The number of epoxide rings is 1. The van der Waals surface area contributed by atoms with Crippen LogP contribution in [0.3, 0.4) is 0 Å². The average molecular weight is 265 g/mol. The van der Waals surface area contributed by atoms with E-state index in [1.54, 1.807) is 0 Å². The summed E-state index contributed by atoms with van der Waals surface area (Å²) in [5.41, 5.74) is -1.92. The van der Waals surface area contributed by atoms with Gasteiger partial charge in [-0.05, 0) is 0 Å². The number of nitrogens with zero attached hydrogens (tertiary/aromatic N) is 3. The van der Waals surface area contributed by atoms with Crippen LogP contribution in [0.1, 0.15) is 0 Å². The van der Waals surface area contributed by atoms with E-state index in [1.807, 2.05) is 0 Å². The van der Waals surface area contributed by atoms with Crippen LogP contribution in [0.2, 0.25) is 0 Å². The van der Waals surface area contributed by atoms with Gasteiger partial charge in [-0.15, -0.1) is 13.2 Å². The smallest absolute Gasteiger partial charge is 0.336 e. The fraction of sp³-hybridized carbons (Fsp3) is 0.417. The van der Waals surface area contributed by atoms with Gasteiger partial charge in [0, 0.05) is 0 Å². The van der Waals surface area contributed by atoms with Gasteiger partial charge in [0.25, 0.3) is 0 Å². The highest BCUT2D eigenvalue weighted by Gasteiger charge is 2.26. The first-order chi connectivity index (χ1) is 9.10. The van der Waals surface area contributed by atoms with Crippen molar-refractivity contribution in [1.82, 2.24) is 13.7 Å². The number of hydrogen-bond donors (Lipinski definition) is 0. The molecule has 1 aliphatic heterocycles. The van der Waals surface area contributed by atoms with Crippen LogP contribution in [0.15, 0.2) is 39.7 Å². The molecule has 7 heteroatoms. The highest BCUT2D eigenvalue weighted by Crippen LogP contribution is 2.08. The van der Waals surface area contributed by atoms with Crippen LogP contribution < -0.4 is 17.1 Å². The predicted octanol–water partition coefficient (Wildman–Crippen LogP) is -1.06. The highest BCUT2D eigenvalue weighted by atomic mass is 16.6. The van der Waals surface area contributed by atoms with Crippen molar-refractivity contribution in [3.63, 3.8) is 0 Å². The summed E-state index contributed by atoms with van der Waals surface area (Å²) in [6.07, 6.45) is 2.74. The summed E-state index contributed by atoms with van der Waals surface area (Å²) in [5.74, 6) is 0. The SMILES string of the molecule is C=CCn1c(=O)n(CC=C)c(=O)n(CC2CO2)c1=O. The van der Waals surface area contributed by atoms with E-state index in [9.17, 15) is 14.4 Å². The van der Waals surface area contributed by atoms with E-state index in [2.05, 4.69) is 13.2 Å². The number of hydrogen-bond acceptors (Lipinski definition) is 4. The number of aromatic nitrogens is 3. The standard InChI is InChI=1S/C12H15N3O4/c1-3-5-13-10(16)14(6-4-2)12(18)15(11(13)17)7-9-8-19-9/h3-4,9H,1-2,5-8H2. The van der Waals surface area contributed by atoms with Crippen LogP contribution in [0.5, 0.6) is 0 Å². The van der Waals surface area contributed by atoms with Crippen LogP contribution in [0, 0.1) is 0 Å². The van der Waals surface area contributed by atoms with Gasteiger partial charge >= 0.3 is 17.1 Å². The number of allylic oxidation sites excluding steroid dienone is 2. The molecule has 102 valence electrons. The summed E-state index contributed by atoms with van der Waals surface area (Å²) < 4.78 is 7.98. The Morgan fingerprint density at radius 2 is 1.42 bits per heavy atom. The second kappa shape index (κ2) is 5.23.